The average Bonchev–Trinajstić information content (AvgIpc) is 2.52. The predicted molar refractivity (Wildman–Crippen MR) is 49.9 cm³/mol. The maximum Gasteiger partial charge on any atom is 0.218 e. The Kier molecular flexibility index (Phi) is 2.36. The summed E-state index contributed by atoms with van der Waals surface area (Å²) in [5, 5.41) is 0. The van der Waals surface area contributed by atoms with Gasteiger partial charge in [0.2, 0.25) is 5.89 Å². The lowest BCUT2D eigenvalue weighted by Gasteiger charge is -2.18. The molecule has 0 radical (unpaired) electrons. The van der Waals surface area contributed by atoms with Crippen molar-refractivity contribution in [1.82, 2.24) is 4.98 Å². The van der Waals surface area contributed by atoms with E-state index in [1.807, 2.05) is 0 Å². The Morgan fingerprint density at radius 1 is 1.67 bits per heavy atom. The van der Waals surface area contributed by atoms with Gasteiger partial charge in [-0.15, -0.1) is 0 Å². The number of aromatic nitrogens is 1. The van der Waals surface area contributed by atoms with Gasteiger partial charge in [0, 0.05) is 5.41 Å². The van der Waals surface area contributed by atoms with Crippen LogP contribution in [0.25, 0.3) is 6.08 Å². The molecule has 0 aromatic carbocycles. The number of hydrogen-bond acceptors (Lipinski definition) is 2. The van der Waals surface area contributed by atoms with Crippen LogP contribution in [0.3, 0.4) is 0 Å². The fourth-order valence-electron chi connectivity index (χ4n) is 0.869. The van der Waals surface area contributed by atoms with Gasteiger partial charge >= 0.3 is 0 Å². The maximum absolute atomic E-state index is 5.46. The highest BCUT2D eigenvalue weighted by molar-refractivity contribution is 5.33. The van der Waals surface area contributed by atoms with E-state index in [2.05, 4.69) is 32.3 Å². The first-order chi connectivity index (χ1) is 5.60. The SMILES string of the molecule is C=Cc1ncc(C(C)(C)CC)o1. The van der Waals surface area contributed by atoms with E-state index in [0.29, 0.717) is 5.89 Å². The molecule has 12 heavy (non-hydrogen) atoms. The van der Waals surface area contributed by atoms with Crippen LogP contribution in [0.5, 0.6) is 0 Å². The first kappa shape index (κ1) is 9.04. The minimum atomic E-state index is 0.0776. The van der Waals surface area contributed by atoms with Crippen molar-refractivity contribution >= 4 is 6.08 Å². The molecule has 0 saturated carbocycles. The summed E-state index contributed by atoms with van der Waals surface area (Å²) in [5.74, 6) is 1.53. The molecule has 0 fully saturated rings. The molecule has 0 spiro atoms. The van der Waals surface area contributed by atoms with Crippen molar-refractivity contribution in [2.45, 2.75) is 32.6 Å². The molecule has 66 valence electrons. The van der Waals surface area contributed by atoms with Crippen LogP contribution in [0.2, 0.25) is 0 Å². The lowest BCUT2D eigenvalue weighted by atomic mass is 9.88. The molecule has 1 aromatic heterocycles. The first-order valence-electron chi connectivity index (χ1n) is 4.19. The van der Waals surface area contributed by atoms with Crippen LogP contribution in [-0.4, -0.2) is 4.98 Å². The summed E-state index contributed by atoms with van der Waals surface area (Å²) in [6.07, 6.45) is 4.44. The lowest BCUT2D eigenvalue weighted by Crippen LogP contribution is -2.13. The summed E-state index contributed by atoms with van der Waals surface area (Å²) in [6.45, 7) is 10.0. The summed E-state index contributed by atoms with van der Waals surface area (Å²) in [6, 6.07) is 0. The average molecular weight is 165 g/mol. The molecule has 1 heterocycles. The van der Waals surface area contributed by atoms with Crippen molar-refractivity contribution < 1.29 is 4.42 Å². The molecule has 0 bridgehead atoms. The molecule has 0 saturated heterocycles. The van der Waals surface area contributed by atoms with E-state index in [4.69, 9.17) is 4.42 Å². The predicted octanol–water partition coefficient (Wildman–Crippen LogP) is 3.01. The molecular formula is C10H15NO. The van der Waals surface area contributed by atoms with E-state index in [1.54, 1.807) is 12.3 Å². The topological polar surface area (TPSA) is 26.0 Å². The standard InChI is InChI=1S/C10H15NO/c1-5-9-11-7-8(12-9)10(3,4)6-2/h5,7H,1,6H2,2-4H3. The Morgan fingerprint density at radius 3 is 2.75 bits per heavy atom. The van der Waals surface area contributed by atoms with Crippen LogP contribution in [-0.2, 0) is 5.41 Å². The highest BCUT2D eigenvalue weighted by Gasteiger charge is 2.22. The second-order valence-electron chi connectivity index (χ2n) is 3.50. The monoisotopic (exact) mass is 165 g/mol. The van der Waals surface area contributed by atoms with Gasteiger partial charge in [-0.25, -0.2) is 4.98 Å². The fraction of sp³-hybridized carbons (Fsp3) is 0.500. The Morgan fingerprint density at radius 2 is 2.33 bits per heavy atom. The van der Waals surface area contributed by atoms with Crippen molar-refractivity contribution in [2.75, 3.05) is 0 Å². The van der Waals surface area contributed by atoms with Gasteiger partial charge in [0.15, 0.2) is 0 Å². The molecular weight excluding hydrogens is 150 g/mol. The van der Waals surface area contributed by atoms with Crippen molar-refractivity contribution in [3.8, 4) is 0 Å². The fourth-order valence-corrected chi connectivity index (χ4v) is 0.869. The smallest absolute Gasteiger partial charge is 0.218 e. The Bertz CT molecular complexity index is 273. The third kappa shape index (κ3) is 1.58. The quantitative estimate of drug-likeness (QED) is 0.688. The molecule has 0 aliphatic heterocycles. The lowest BCUT2D eigenvalue weighted by molar-refractivity contribution is 0.371. The number of rotatable bonds is 3. The highest BCUT2D eigenvalue weighted by Crippen LogP contribution is 2.27. The molecule has 2 heteroatoms. The molecule has 0 N–H and O–H groups in total. The van der Waals surface area contributed by atoms with Gasteiger partial charge in [-0.3, -0.25) is 0 Å². The minimum Gasteiger partial charge on any atom is -0.441 e. The molecule has 0 unspecified atom stereocenters. The van der Waals surface area contributed by atoms with Crippen LogP contribution in [0.4, 0.5) is 0 Å². The first-order valence-corrected chi connectivity index (χ1v) is 4.19. The number of hydrogen-bond donors (Lipinski definition) is 0. The van der Waals surface area contributed by atoms with E-state index >= 15 is 0 Å². The number of nitrogens with zero attached hydrogens (tertiary/aromatic N) is 1. The van der Waals surface area contributed by atoms with Crippen molar-refractivity contribution in [3.05, 3.63) is 24.4 Å². The van der Waals surface area contributed by atoms with Crippen LogP contribution < -0.4 is 0 Å². The molecule has 0 amide bonds. The van der Waals surface area contributed by atoms with Gasteiger partial charge in [0.05, 0.1) is 6.20 Å². The molecule has 1 aromatic rings. The van der Waals surface area contributed by atoms with Gasteiger partial charge in [-0.1, -0.05) is 27.4 Å². The van der Waals surface area contributed by atoms with Crippen molar-refractivity contribution in [1.29, 1.82) is 0 Å². The second-order valence-corrected chi connectivity index (χ2v) is 3.50. The Balaban J connectivity index is 2.95. The van der Waals surface area contributed by atoms with E-state index in [9.17, 15) is 0 Å². The zero-order valence-electron chi connectivity index (χ0n) is 7.92. The van der Waals surface area contributed by atoms with Gasteiger partial charge in [0.25, 0.3) is 0 Å². The van der Waals surface area contributed by atoms with Gasteiger partial charge in [-0.2, -0.15) is 0 Å². The summed E-state index contributed by atoms with van der Waals surface area (Å²) in [4.78, 5) is 4.06. The zero-order chi connectivity index (χ0) is 9.19. The third-order valence-corrected chi connectivity index (χ3v) is 2.25. The van der Waals surface area contributed by atoms with Gasteiger partial charge in [0.1, 0.15) is 5.76 Å². The summed E-state index contributed by atoms with van der Waals surface area (Å²) in [7, 11) is 0. The van der Waals surface area contributed by atoms with Gasteiger partial charge in [-0.05, 0) is 12.5 Å². The number of oxazole rings is 1. The van der Waals surface area contributed by atoms with Crippen molar-refractivity contribution in [2.24, 2.45) is 0 Å². The second kappa shape index (κ2) is 3.13. The maximum atomic E-state index is 5.46. The molecule has 2 nitrogen and oxygen atoms in total. The van der Waals surface area contributed by atoms with Crippen LogP contribution in [0.15, 0.2) is 17.2 Å². The van der Waals surface area contributed by atoms with Crippen LogP contribution in [0, 0.1) is 0 Å². The normalized spacial score (nSPS) is 11.6. The minimum absolute atomic E-state index is 0.0776. The zero-order valence-corrected chi connectivity index (χ0v) is 7.92. The Labute approximate surface area is 73.3 Å². The van der Waals surface area contributed by atoms with Gasteiger partial charge < -0.3 is 4.42 Å². The molecule has 0 aliphatic rings. The van der Waals surface area contributed by atoms with E-state index in [0.717, 1.165) is 12.2 Å². The third-order valence-electron chi connectivity index (χ3n) is 2.25. The molecule has 0 aliphatic carbocycles. The van der Waals surface area contributed by atoms with E-state index in [-0.39, 0.29) is 5.41 Å². The Hall–Kier alpha value is -1.05. The molecule has 0 atom stereocenters. The molecule has 1 rings (SSSR count). The highest BCUT2D eigenvalue weighted by atomic mass is 16.4. The summed E-state index contributed by atoms with van der Waals surface area (Å²) in [5.41, 5.74) is 0.0776. The van der Waals surface area contributed by atoms with Crippen molar-refractivity contribution in [3.63, 3.8) is 0 Å². The van der Waals surface area contributed by atoms with E-state index < -0.39 is 0 Å². The summed E-state index contributed by atoms with van der Waals surface area (Å²) >= 11 is 0. The van der Waals surface area contributed by atoms with Crippen LogP contribution >= 0.6 is 0 Å². The van der Waals surface area contributed by atoms with E-state index in [1.165, 1.54) is 0 Å². The summed E-state index contributed by atoms with van der Waals surface area (Å²) < 4.78 is 5.46. The largest absolute Gasteiger partial charge is 0.441 e. The van der Waals surface area contributed by atoms with Crippen LogP contribution in [0.1, 0.15) is 38.8 Å².